The first-order valence-corrected chi connectivity index (χ1v) is 3.61. The molecule has 0 saturated carbocycles. The zero-order chi connectivity index (χ0) is 9.02. The van der Waals surface area contributed by atoms with Crippen molar-refractivity contribution in [2.75, 3.05) is 13.6 Å². The molecule has 0 radical (unpaired) electrons. The van der Waals surface area contributed by atoms with E-state index >= 15 is 0 Å². The van der Waals surface area contributed by atoms with Gasteiger partial charge in [0.25, 0.3) is 0 Å². The summed E-state index contributed by atoms with van der Waals surface area (Å²) in [6.45, 7) is 3.71. The normalized spacial score (nSPS) is 16.5. The van der Waals surface area contributed by atoms with Gasteiger partial charge in [-0.15, -0.1) is 0 Å². The van der Waals surface area contributed by atoms with Crippen LogP contribution in [0.25, 0.3) is 0 Å². The molecule has 0 aliphatic carbocycles. The van der Waals surface area contributed by atoms with Gasteiger partial charge in [-0.25, -0.2) is 0 Å². The zero-order valence-corrected chi connectivity index (χ0v) is 7.24. The number of rotatable bonds is 4. The molecule has 0 aromatic heterocycles. The number of aliphatic hydroxyl groups excluding tert-OH is 1. The minimum absolute atomic E-state index is 0.0394. The van der Waals surface area contributed by atoms with Gasteiger partial charge in [-0.1, -0.05) is 0 Å². The van der Waals surface area contributed by atoms with E-state index in [2.05, 4.69) is 0 Å². The second-order valence-electron chi connectivity index (χ2n) is 2.86. The Morgan fingerprint density at radius 3 is 2.36 bits per heavy atom. The summed E-state index contributed by atoms with van der Waals surface area (Å²) < 4.78 is 0. The number of likely N-dealkylation sites (N-methyl/N-ethyl adjacent to an activating group) is 1. The van der Waals surface area contributed by atoms with Gasteiger partial charge in [-0.05, 0) is 20.9 Å². The van der Waals surface area contributed by atoms with Crippen LogP contribution in [-0.4, -0.2) is 41.7 Å². The van der Waals surface area contributed by atoms with Crippen LogP contribution in [0.1, 0.15) is 13.8 Å². The average Bonchev–Trinajstić information content (AvgIpc) is 1.84. The number of amides is 1. The average molecular weight is 160 g/mol. The summed E-state index contributed by atoms with van der Waals surface area (Å²) in [4.78, 5) is 12.2. The molecule has 0 heterocycles. The van der Waals surface area contributed by atoms with Crippen LogP contribution < -0.4 is 5.73 Å². The lowest BCUT2D eigenvalue weighted by atomic mass is 10.2. The molecular formula is C7H16N2O2. The van der Waals surface area contributed by atoms with Crippen molar-refractivity contribution in [3.63, 3.8) is 0 Å². The number of aliphatic hydroxyl groups is 1. The topological polar surface area (TPSA) is 66.6 Å². The lowest BCUT2D eigenvalue weighted by Crippen LogP contribution is -2.42. The lowest BCUT2D eigenvalue weighted by molar-refractivity contribution is -0.119. The van der Waals surface area contributed by atoms with Gasteiger partial charge >= 0.3 is 0 Å². The van der Waals surface area contributed by atoms with Crippen LogP contribution in [-0.2, 0) is 4.79 Å². The van der Waals surface area contributed by atoms with Gasteiger partial charge in [-0.3, -0.25) is 9.69 Å². The fourth-order valence-electron chi connectivity index (χ4n) is 0.758. The standard InChI is InChI=1S/C7H16N2O2/c1-5(6(2)10)9(3)4-7(8)11/h5-6,10H,4H2,1-3H3,(H2,8,11). The van der Waals surface area contributed by atoms with Crippen molar-refractivity contribution >= 4 is 5.91 Å². The van der Waals surface area contributed by atoms with E-state index in [-0.39, 0.29) is 18.5 Å². The largest absolute Gasteiger partial charge is 0.392 e. The first kappa shape index (κ1) is 10.4. The number of nitrogens with two attached hydrogens (primary N) is 1. The number of carbonyl (C=O) groups is 1. The van der Waals surface area contributed by atoms with Gasteiger partial charge in [0.05, 0.1) is 12.6 Å². The van der Waals surface area contributed by atoms with Crippen molar-refractivity contribution in [1.29, 1.82) is 0 Å². The summed E-state index contributed by atoms with van der Waals surface area (Å²) in [6.07, 6.45) is -0.445. The SMILES string of the molecule is CC(O)C(C)N(C)CC(N)=O. The molecule has 0 aliphatic heterocycles. The molecule has 0 aliphatic rings. The van der Waals surface area contributed by atoms with Crippen molar-refractivity contribution in [2.24, 2.45) is 5.73 Å². The Kier molecular flexibility index (Phi) is 4.07. The van der Waals surface area contributed by atoms with E-state index in [0.717, 1.165) is 0 Å². The highest BCUT2D eigenvalue weighted by Gasteiger charge is 2.15. The third-order valence-electron chi connectivity index (χ3n) is 1.80. The first-order chi connectivity index (χ1) is 4.95. The Bertz CT molecular complexity index is 136. The quantitative estimate of drug-likeness (QED) is 0.564. The molecule has 2 unspecified atom stereocenters. The molecule has 0 spiro atoms. The molecule has 0 aromatic rings. The van der Waals surface area contributed by atoms with Crippen LogP contribution in [0.5, 0.6) is 0 Å². The molecule has 11 heavy (non-hydrogen) atoms. The number of nitrogens with zero attached hydrogens (tertiary/aromatic N) is 1. The fourth-order valence-corrected chi connectivity index (χ4v) is 0.758. The van der Waals surface area contributed by atoms with Crippen LogP contribution in [0.15, 0.2) is 0 Å². The van der Waals surface area contributed by atoms with Crippen molar-refractivity contribution in [3.8, 4) is 0 Å². The van der Waals surface area contributed by atoms with Crippen molar-refractivity contribution in [3.05, 3.63) is 0 Å². The van der Waals surface area contributed by atoms with Crippen LogP contribution in [0.4, 0.5) is 0 Å². The van der Waals surface area contributed by atoms with E-state index in [1.165, 1.54) is 0 Å². The second-order valence-corrected chi connectivity index (χ2v) is 2.86. The van der Waals surface area contributed by atoms with E-state index in [1.807, 2.05) is 6.92 Å². The smallest absolute Gasteiger partial charge is 0.231 e. The Labute approximate surface area is 67.0 Å². The highest BCUT2D eigenvalue weighted by Crippen LogP contribution is 1.99. The van der Waals surface area contributed by atoms with Gasteiger partial charge in [0.2, 0.25) is 5.91 Å². The van der Waals surface area contributed by atoms with Gasteiger partial charge in [0.15, 0.2) is 0 Å². The first-order valence-electron chi connectivity index (χ1n) is 3.61. The Morgan fingerprint density at radius 2 is 2.09 bits per heavy atom. The summed E-state index contributed by atoms with van der Waals surface area (Å²) in [7, 11) is 1.75. The molecule has 4 heteroatoms. The predicted octanol–water partition coefficient (Wildman–Crippen LogP) is -0.827. The molecule has 0 rings (SSSR count). The number of hydrogen-bond donors (Lipinski definition) is 2. The zero-order valence-electron chi connectivity index (χ0n) is 7.24. The molecule has 2 atom stereocenters. The van der Waals surface area contributed by atoms with Crippen LogP contribution in [0, 0.1) is 0 Å². The van der Waals surface area contributed by atoms with Gasteiger partial charge in [0, 0.05) is 6.04 Å². The minimum Gasteiger partial charge on any atom is -0.392 e. The van der Waals surface area contributed by atoms with Gasteiger partial charge < -0.3 is 10.8 Å². The summed E-state index contributed by atoms with van der Waals surface area (Å²) in [5.41, 5.74) is 4.97. The molecule has 1 amide bonds. The molecule has 3 N–H and O–H groups in total. The van der Waals surface area contributed by atoms with Crippen LogP contribution >= 0.6 is 0 Å². The highest BCUT2D eigenvalue weighted by atomic mass is 16.3. The molecule has 66 valence electrons. The lowest BCUT2D eigenvalue weighted by Gasteiger charge is -2.25. The third-order valence-corrected chi connectivity index (χ3v) is 1.80. The maximum absolute atomic E-state index is 10.4. The Hall–Kier alpha value is -0.610. The number of primary amides is 1. The molecule has 0 saturated heterocycles. The molecule has 4 nitrogen and oxygen atoms in total. The number of carbonyl (C=O) groups excluding carboxylic acids is 1. The van der Waals surface area contributed by atoms with Crippen molar-refractivity contribution < 1.29 is 9.90 Å². The van der Waals surface area contributed by atoms with Gasteiger partial charge in [-0.2, -0.15) is 0 Å². The Morgan fingerprint density at radius 1 is 1.64 bits per heavy atom. The van der Waals surface area contributed by atoms with E-state index in [4.69, 9.17) is 10.8 Å². The number of hydrogen-bond acceptors (Lipinski definition) is 3. The Balaban J connectivity index is 3.82. The third kappa shape index (κ3) is 3.95. The minimum atomic E-state index is -0.445. The van der Waals surface area contributed by atoms with E-state index in [9.17, 15) is 4.79 Å². The van der Waals surface area contributed by atoms with E-state index in [0.29, 0.717) is 0 Å². The van der Waals surface area contributed by atoms with Crippen molar-refractivity contribution in [1.82, 2.24) is 4.90 Å². The molecular weight excluding hydrogens is 144 g/mol. The van der Waals surface area contributed by atoms with Crippen LogP contribution in [0.3, 0.4) is 0 Å². The van der Waals surface area contributed by atoms with E-state index < -0.39 is 6.10 Å². The van der Waals surface area contributed by atoms with Crippen molar-refractivity contribution in [2.45, 2.75) is 26.0 Å². The maximum atomic E-state index is 10.4. The molecule has 0 fully saturated rings. The fraction of sp³-hybridized carbons (Fsp3) is 0.857. The monoisotopic (exact) mass is 160 g/mol. The van der Waals surface area contributed by atoms with E-state index in [1.54, 1.807) is 18.9 Å². The van der Waals surface area contributed by atoms with Crippen LogP contribution in [0.2, 0.25) is 0 Å². The summed E-state index contributed by atoms with van der Waals surface area (Å²) >= 11 is 0. The summed E-state index contributed by atoms with van der Waals surface area (Å²) in [6, 6.07) is -0.0394. The van der Waals surface area contributed by atoms with Gasteiger partial charge in [0.1, 0.15) is 0 Å². The molecule has 0 bridgehead atoms. The maximum Gasteiger partial charge on any atom is 0.231 e. The second kappa shape index (κ2) is 4.31. The predicted molar refractivity (Wildman–Crippen MR) is 43.0 cm³/mol. The highest BCUT2D eigenvalue weighted by molar-refractivity contribution is 5.75. The molecule has 0 aromatic carbocycles. The summed E-state index contributed by atoms with van der Waals surface area (Å²) in [5.74, 6) is -0.375. The summed E-state index contributed by atoms with van der Waals surface area (Å²) in [5, 5.41) is 9.11.